The Balaban J connectivity index is 2.25. The first kappa shape index (κ1) is 10.5. The number of aromatic nitrogens is 2. The van der Waals surface area contributed by atoms with E-state index in [4.69, 9.17) is 0 Å². The quantitative estimate of drug-likeness (QED) is 0.603. The van der Waals surface area contributed by atoms with Gasteiger partial charge in [-0.1, -0.05) is 0 Å². The van der Waals surface area contributed by atoms with Crippen LogP contribution in [0.2, 0.25) is 0 Å². The number of thiazole rings is 1. The van der Waals surface area contributed by atoms with Gasteiger partial charge in [0.2, 0.25) is 0 Å². The maximum atomic E-state index is 10.5. The van der Waals surface area contributed by atoms with Gasteiger partial charge in [0.1, 0.15) is 12.0 Å². The van der Waals surface area contributed by atoms with E-state index in [0.29, 0.717) is 5.82 Å². The highest BCUT2D eigenvalue weighted by molar-refractivity contribution is 7.13. The number of hydrogen-bond donors (Lipinski definition) is 0. The molecular formula is C9H8N4O2S. The predicted octanol–water partition coefficient (Wildman–Crippen LogP) is 2.21. The van der Waals surface area contributed by atoms with Crippen molar-refractivity contribution in [2.24, 2.45) is 0 Å². The summed E-state index contributed by atoms with van der Waals surface area (Å²) in [4.78, 5) is 19.9. The molecule has 0 aliphatic rings. The molecule has 2 rings (SSSR count). The molecule has 0 atom stereocenters. The van der Waals surface area contributed by atoms with Crippen LogP contribution in [0.25, 0.3) is 0 Å². The molecule has 0 saturated carbocycles. The summed E-state index contributed by atoms with van der Waals surface area (Å²) in [5.41, 5.74) is -0.0173. The van der Waals surface area contributed by atoms with Gasteiger partial charge in [-0.3, -0.25) is 10.1 Å². The van der Waals surface area contributed by atoms with Crippen LogP contribution in [-0.4, -0.2) is 21.9 Å². The first-order chi connectivity index (χ1) is 7.68. The van der Waals surface area contributed by atoms with Gasteiger partial charge in [-0.2, -0.15) is 0 Å². The minimum Gasteiger partial charge on any atom is -0.305 e. The summed E-state index contributed by atoms with van der Waals surface area (Å²) in [6.07, 6.45) is 2.93. The second kappa shape index (κ2) is 4.23. The van der Waals surface area contributed by atoms with Crippen LogP contribution in [0.3, 0.4) is 0 Å². The minimum absolute atomic E-state index is 0.0173. The van der Waals surface area contributed by atoms with Gasteiger partial charge in [-0.25, -0.2) is 9.97 Å². The van der Waals surface area contributed by atoms with Crippen LogP contribution in [0.15, 0.2) is 29.9 Å². The average molecular weight is 236 g/mol. The molecule has 0 amide bonds. The molecule has 0 spiro atoms. The molecule has 0 unspecified atom stereocenters. The van der Waals surface area contributed by atoms with E-state index in [1.54, 1.807) is 17.2 Å². The number of nitro groups is 1. The Hall–Kier alpha value is -2.02. The van der Waals surface area contributed by atoms with Crippen LogP contribution in [0.1, 0.15) is 0 Å². The summed E-state index contributed by atoms with van der Waals surface area (Å²) < 4.78 is 0. The van der Waals surface area contributed by atoms with Crippen molar-refractivity contribution in [1.82, 2.24) is 9.97 Å². The summed E-state index contributed by atoms with van der Waals surface area (Å²) in [6, 6.07) is 3.02. The Kier molecular flexibility index (Phi) is 2.78. The molecule has 0 fully saturated rings. The molecule has 7 heteroatoms. The third kappa shape index (κ3) is 1.98. The van der Waals surface area contributed by atoms with E-state index in [0.717, 1.165) is 5.13 Å². The van der Waals surface area contributed by atoms with Crippen molar-refractivity contribution in [3.05, 3.63) is 40.0 Å². The lowest BCUT2D eigenvalue weighted by Gasteiger charge is -2.13. The predicted molar refractivity (Wildman–Crippen MR) is 61.1 cm³/mol. The van der Waals surface area contributed by atoms with Crippen molar-refractivity contribution in [1.29, 1.82) is 0 Å². The second-order valence-electron chi connectivity index (χ2n) is 3.01. The molecule has 0 saturated heterocycles. The molecule has 0 bridgehead atoms. The summed E-state index contributed by atoms with van der Waals surface area (Å²) in [7, 11) is 1.81. The van der Waals surface area contributed by atoms with Crippen LogP contribution >= 0.6 is 11.3 Å². The molecule has 0 aromatic carbocycles. The zero-order valence-electron chi connectivity index (χ0n) is 8.40. The molecule has 0 radical (unpaired) electrons. The maximum Gasteiger partial charge on any atom is 0.287 e. The highest BCUT2D eigenvalue weighted by Gasteiger charge is 2.10. The van der Waals surface area contributed by atoms with Crippen molar-refractivity contribution in [2.75, 3.05) is 11.9 Å². The number of rotatable bonds is 3. The summed E-state index contributed by atoms with van der Waals surface area (Å²) in [5, 5.41) is 13.1. The zero-order chi connectivity index (χ0) is 11.5. The van der Waals surface area contributed by atoms with Crippen LogP contribution in [0.4, 0.5) is 16.6 Å². The molecule has 16 heavy (non-hydrogen) atoms. The van der Waals surface area contributed by atoms with E-state index in [9.17, 15) is 10.1 Å². The summed E-state index contributed by atoms with van der Waals surface area (Å²) in [6.45, 7) is 0. The van der Waals surface area contributed by atoms with Gasteiger partial charge in [-0.15, -0.1) is 11.3 Å². The third-order valence-corrected chi connectivity index (χ3v) is 2.84. The normalized spacial score (nSPS) is 10.1. The van der Waals surface area contributed by atoms with Crippen molar-refractivity contribution < 1.29 is 4.92 Å². The van der Waals surface area contributed by atoms with Crippen LogP contribution in [-0.2, 0) is 0 Å². The third-order valence-electron chi connectivity index (χ3n) is 1.99. The van der Waals surface area contributed by atoms with Gasteiger partial charge in [0.25, 0.3) is 5.69 Å². The monoisotopic (exact) mass is 236 g/mol. The van der Waals surface area contributed by atoms with Gasteiger partial charge in [0.05, 0.1) is 4.92 Å². The average Bonchev–Trinajstić information content (AvgIpc) is 2.81. The fraction of sp³-hybridized carbons (Fsp3) is 0.111. The van der Waals surface area contributed by atoms with Crippen molar-refractivity contribution in [2.45, 2.75) is 0 Å². The van der Waals surface area contributed by atoms with Gasteiger partial charge in [0, 0.05) is 24.7 Å². The fourth-order valence-corrected chi connectivity index (χ4v) is 1.78. The highest BCUT2D eigenvalue weighted by atomic mass is 32.1. The smallest absolute Gasteiger partial charge is 0.287 e. The Bertz CT molecular complexity index is 483. The lowest BCUT2D eigenvalue weighted by Crippen LogP contribution is -2.10. The first-order valence-electron chi connectivity index (χ1n) is 4.42. The van der Waals surface area contributed by atoms with E-state index >= 15 is 0 Å². The number of nitrogens with zero attached hydrogens (tertiary/aromatic N) is 4. The lowest BCUT2D eigenvalue weighted by molar-refractivity contribution is -0.385. The van der Waals surface area contributed by atoms with Gasteiger partial charge in [-0.05, 0) is 6.07 Å². The van der Waals surface area contributed by atoms with E-state index in [2.05, 4.69) is 9.97 Å². The molecule has 0 N–H and O–H groups in total. The van der Waals surface area contributed by atoms with E-state index in [1.807, 2.05) is 12.4 Å². The Morgan fingerprint density at radius 2 is 2.25 bits per heavy atom. The van der Waals surface area contributed by atoms with Gasteiger partial charge in [0.15, 0.2) is 5.13 Å². The Labute approximate surface area is 95.3 Å². The van der Waals surface area contributed by atoms with Crippen molar-refractivity contribution in [3.63, 3.8) is 0 Å². The topological polar surface area (TPSA) is 72.2 Å². The second-order valence-corrected chi connectivity index (χ2v) is 3.88. The van der Waals surface area contributed by atoms with Crippen LogP contribution < -0.4 is 4.90 Å². The largest absolute Gasteiger partial charge is 0.305 e. The fourth-order valence-electron chi connectivity index (χ4n) is 1.16. The molecule has 82 valence electrons. The molecule has 2 aromatic heterocycles. The molecule has 2 aromatic rings. The SMILES string of the molecule is CN(c1ccc([N+](=O)[O-])cn1)c1nccs1. The highest BCUT2D eigenvalue weighted by Crippen LogP contribution is 2.24. The van der Waals surface area contributed by atoms with Gasteiger partial charge >= 0.3 is 0 Å². The van der Waals surface area contributed by atoms with Crippen LogP contribution in [0, 0.1) is 10.1 Å². The Morgan fingerprint density at radius 3 is 2.75 bits per heavy atom. The molecular weight excluding hydrogens is 228 g/mol. The van der Waals surface area contributed by atoms with Crippen LogP contribution in [0.5, 0.6) is 0 Å². The lowest BCUT2D eigenvalue weighted by atomic mass is 10.4. The molecule has 0 aliphatic carbocycles. The molecule has 0 aliphatic heterocycles. The number of anilines is 2. The van der Waals surface area contributed by atoms with E-state index < -0.39 is 4.92 Å². The van der Waals surface area contributed by atoms with Gasteiger partial charge < -0.3 is 4.90 Å². The first-order valence-corrected chi connectivity index (χ1v) is 5.30. The number of hydrogen-bond acceptors (Lipinski definition) is 6. The maximum absolute atomic E-state index is 10.5. The van der Waals surface area contributed by atoms with E-state index in [-0.39, 0.29) is 5.69 Å². The number of pyridine rings is 1. The van der Waals surface area contributed by atoms with E-state index in [1.165, 1.54) is 23.6 Å². The zero-order valence-corrected chi connectivity index (χ0v) is 9.22. The Morgan fingerprint density at radius 1 is 1.44 bits per heavy atom. The van der Waals surface area contributed by atoms with Crippen molar-refractivity contribution in [3.8, 4) is 0 Å². The molecule has 6 nitrogen and oxygen atoms in total. The summed E-state index contributed by atoms with van der Waals surface area (Å²) >= 11 is 1.48. The minimum atomic E-state index is -0.472. The van der Waals surface area contributed by atoms with Crippen molar-refractivity contribution >= 4 is 28.0 Å². The summed E-state index contributed by atoms with van der Waals surface area (Å²) in [5.74, 6) is 0.626. The molecule has 2 heterocycles. The standard InChI is InChI=1S/C9H8N4O2S/c1-12(9-10-4-5-16-9)8-3-2-7(6-11-8)13(14)15/h2-6H,1H3.